The number of carbonyl (C=O) groups excluding carboxylic acids is 1. The summed E-state index contributed by atoms with van der Waals surface area (Å²) in [6.07, 6.45) is 1.78. The van der Waals surface area contributed by atoms with Crippen LogP contribution in [0, 0.1) is 5.82 Å². The van der Waals surface area contributed by atoms with Crippen LogP contribution in [-0.2, 0) is 16.1 Å². The lowest BCUT2D eigenvalue weighted by atomic mass is 9.88. The molecular weight excluding hydrogens is 367 g/mol. The van der Waals surface area contributed by atoms with Gasteiger partial charge in [0.25, 0.3) is 5.91 Å². The van der Waals surface area contributed by atoms with E-state index in [-0.39, 0.29) is 23.9 Å². The second-order valence-electron chi connectivity index (χ2n) is 8.60. The molecule has 4 rings (SSSR count). The lowest BCUT2D eigenvalue weighted by Gasteiger charge is -2.47. The number of morpholine rings is 1. The van der Waals surface area contributed by atoms with Gasteiger partial charge >= 0.3 is 0 Å². The standard InChI is InChI=1S/C24H29FN2O2/c1-18(2)20-5-3-19(4-6-20)15-26-13-11-24(12-14-26)17-27(23(28)16-29-24)22-9-7-21(25)8-10-22/h3-10,18H,11-17H2,1-2H3. The van der Waals surface area contributed by atoms with Crippen molar-refractivity contribution in [1.82, 2.24) is 4.90 Å². The number of rotatable bonds is 4. The van der Waals surface area contributed by atoms with Gasteiger partial charge in [-0.2, -0.15) is 0 Å². The van der Waals surface area contributed by atoms with E-state index in [1.807, 2.05) is 0 Å². The Morgan fingerprint density at radius 3 is 2.31 bits per heavy atom. The van der Waals surface area contributed by atoms with Crippen molar-refractivity contribution in [3.63, 3.8) is 0 Å². The van der Waals surface area contributed by atoms with Gasteiger partial charge in [0.1, 0.15) is 12.4 Å². The fraction of sp³-hybridized carbons (Fsp3) is 0.458. The minimum atomic E-state index is -0.305. The van der Waals surface area contributed by atoms with Crippen LogP contribution in [0.4, 0.5) is 10.1 Å². The molecule has 0 aromatic heterocycles. The van der Waals surface area contributed by atoms with Gasteiger partial charge in [-0.3, -0.25) is 9.69 Å². The summed E-state index contributed by atoms with van der Waals surface area (Å²) in [6.45, 7) is 7.87. The van der Waals surface area contributed by atoms with Crippen LogP contribution in [0.5, 0.6) is 0 Å². The van der Waals surface area contributed by atoms with Crippen molar-refractivity contribution in [2.75, 3.05) is 31.1 Å². The largest absolute Gasteiger partial charge is 0.363 e. The van der Waals surface area contributed by atoms with Crippen molar-refractivity contribution >= 4 is 11.6 Å². The number of nitrogens with zero attached hydrogens (tertiary/aromatic N) is 2. The van der Waals surface area contributed by atoms with Crippen LogP contribution < -0.4 is 4.90 Å². The molecule has 0 saturated carbocycles. The van der Waals surface area contributed by atoms with Gasteiger partial charge in [-0.05, 0) is 54.2 Å². The van der Waals surface area contributed by atoms with E-state index in [1.165, 1.54) is 23.3 Å². The molecule has 5 heteroatoms. The highest BCUT2D eigenvalue weighted by molar-refractivity contribution is 5.95. The molecule has 1 amide bonds. The van der Waals surface area contributed by atoms with Crippen molar-refractivity contribution < 1.29 is 13.9 Å². The number of anilines is 1. The molecule has 2 aromatic carbocycles. The van der Waals surface area contributed by atoms with E-state index in [0.29, 0.717) is 12.5 Å². The molecule has 29 heavy (non-hydrogen) atoms. The zero-order chi connectivity index (χ0) is 20.4. The van der Waals surface area contributed by atoms with Crippen molar-refractivity contribution in [2.45, 2.75) is 44.8 Å². The van der Waals surface area contributed by atoms with Gasteiger partial charge in [0, 0.05) is 25.3 Å². The first-order valence-electron chi connectivity index (χ1n) is 10.5. The van der Waals surface area contributed by atoms with Crippen LogP contribution in [0.1, 0.15) is 43.7 Å². The summed E-state index contributed by atoms with van der Waals surface area (Å²) >= 11 is 0. The second kappa shape index (κ2) is 8.25. The quantitative estimate of drug-likeness (QED) is 0.770. The van der Waals surface area contributed by atoms with Crippen LogP contribution in [-0.4, -0.2) is 42.6 Å². The van der Waals surface area contributed by atoms with Crippen molar-refractivity contribution in [2.24, 2.45) is 0 Å². The molecule has 2 aromatic rings. The Hall–Kier alpha value is -2.24. The average Bonchev–Trinajstić information content (AvgIpc) is 2.73. The van der Waals surface area contributed by atoms with Crippen molar-refractivity contribution in [3.8, 4) is 0 Å². The van der Waals surface area contributed by atoms with Gasteiger partial charge < -0.3 is 9.64 Å². The fourth-order valence-corrected chi connectivity index (χ4v) is 4.26. The molecule has 2 aliphatic heterocycles. The molecule has 0 atom stereocenters. The molecule has 2 fully saturated rings. The van der Waals surface area contributed by atoms with Gasteiger partial charge in [0.2, 0.25) is 0 Å². The summed E-state index contributed by atoms with van der Waals surface area (Å²) < 4.78 is 19.3. The second-order valence-corrected chi connectivity index (χ2v) is 8.60. The number of halogens is 1. The number of piperidine rings is 1. The summed E-state index contributed by atoms with van der Waals surface area (Å²) in [5.74, 6) is 0.197. The lowest BCUT2D eigenvalue weighted by Crippen LogP contribution is -2.58. The Labute approximate surface area is 172 Å². The molecule has 0 N–H and O–H groups in total. The summed E-state index contributed by atoms with van der Waals surface area (Å²) in [5.41, 5.74) is 3.14. The van der Waals surface area contributed by atoms with Crippen LogP contribution in [0.3, 0.4) is 0 Å². The number of benzene rings is 2. The number of carbonyl (C=O) groups is 1. The first kappa shape index (κ1) is 20.0. The van der Waals surface area contributed by atoms with Gasteiger partial charge in [-0.25, -0.2) is 4.39 Å². The Morgan fingerprint density at radius 2 is 1.69 bits per heavy atom. The van der Waals surface area contributed by atoms with Gasteiger partial charge in [-0.15, -0.1) is 0 Å². The summed E-state index contributed by atoms with van der Waals surface area (Å²) in [6, 6.07) is 15.0. The van der Waals surface area contributed by atoms with Crippen molar-refractivity contribution in [1.29, 1.82) is 0 Å². The Kier molecular flexibility index (Phi) is 5.70. The van der Waals surface area contributed by atoms with Gasteiger partial charge in [-0.1, -0.05) is 38.1 Å². The zero-order valence-corrected chi connectivity index (χ0v) is 17.2. The molecular formula is C24H29FN2O2. The molecule has 154 valence electrons. The number of amides is 1. The smallest absolute Gasteiger partial charge is 0.253 e. The minimum absolute atomic E-state index is 0.0603. The number of ether oxygens (including phenoxy) is 1. The van der Waals surface area contributed by atoms with E-state index >= 15 is 0 Å². The predicted octanol–water partition coefficient (Wildman–Crippen LogP) is 4.35. The third kappa shape index (κ3) is 4.51. The predicted molar refractivity (Wildman–Crippen MR) is 112 cm³/mol. The molecule has 0 radical (unpaired) electrons. The molecule has 0 unspecified atom stereocenters. The third-order valence-electron chi connectivity index (χ3n) is 6.21. The summed E-state index contributed by atoms with van der Waals surface area (Å²) in [5, 5.41) is 0. The number of likely N-dealkylation sites (tertiary alicyclic amines) is 1. The monoisotopic (exact) mass is 396 g/mol. The van der Waals surface area contributed by atoms with E-state index in [1.54, 1.807) is 17.0 Å². The summed E-state index contributed by atoms with van der Waals surface area (Å²) in [7, 11) is 0. The molecule has 0 aliphatic carbocycles. The first-order chi connectivity index (χ1) is 13.9. The molecule has 1 spiro atoms. The Bertz CT molecular complexity index is 840. The van der Waals surface area contributed by atoms with E-state index in [0.717, 1.165) is 38.2 Å². The first-order valence-corrected chi connectivity index (χ1v) is 10.5. The van der Waals surface area contributed by atoms with E-state index < -0.39 is 0 Å². The minimum Gasteiger partial charge on any atom is -0.363 e. The maximum atomic E-state index is 13.2. The van der Waals surface area contributed by atoms with Crippen LogP contribution in [0.2, 0.25) is 0 Å². The average molecular weight is 397 g/mol. The van der Waals surface area contributed by atoms with Crippen LogP contribution >= 0.6 is 0 Å². The highest BCUT2D eigenvalue weighted by Gasteiger charge is 2.42. The zero-order valence-electron chi connectivity index (χ0n) is 17.2. The topological polar surface area (TPSA) is 32.8 Å². The van der Waals surface area contributed by atoms with E-state index in [9.17, 15) is 9.18 Å². The summed E-state index contributed by atoms with van der Waals surface area (Å²) in [4.78, 5) is 16.6. The Morgan fingerprint density at radius 1 is 1.03 bits per heavy atom. The fourth-order valence-electron chi connectivity index (χ4n) is 4.26. The van der Waals surface area contributed by atoms with Gasteiger partial charge in [0.15, 0.2) is 0 Å². The molecule has 0 bridgehead atoms. The van der Waals surface area contributed by atoms with Crippen LogP contribution in [0.25, 0.3) is 0 Å². The maximum Gasteiger partial charge on any atom is 0.253 e. The molecule has 2 heterocycles. The normalized spacial score (nSPS) is 19.9. The SMILES string of the molecule is CC(C)c1ccc(CN2CCC3(CC2)CN(c2ccc(F)cc2)C(=O)CO3)cc1. The van der Waals surface area contributed by atoms with E-state index in [2.05, 4.69) is 43.0 Å². The Balaban J connectivity index is 1.37. The molecule has 2 saturated heterocycles. The maximum absolute atomic E-state index is 13.2. The van der Waals surface area contributed by atoms with Crippen LogP contribution in [0.15, 0.2) is 48.5 Å². The third-order valence-corrected chi connectivity index (χ3v) is 6.21. The highest BCUT2D eigenvalue weighted by atomic mass is 19.1. The van der Waals surface area contributed by atoms with Crippen molar-refractivity contribution in [3.05, 3.63) is 65.5 Å². The lowest BCUT2D eigenvalue weighted by molar-refractivity contribution is -0.144. The highest BCUT2D eigenvalue weighted by Crippen LogP contribution is 2.33. The number of hydrogen-bond acceptors (Lipinski definition) is 3. The number of hydrogen-bond donors (Lipinski definition) is 0. The van der Waals surface area contributed by atoms with Gasteiger partial charge in [0.05, 0.1) is 12.1 Å². The molecule has 4 nitrogen and oxygen atoms in total. The molecule has 2 aliphatic rings. The van der Waals surface area contributed by atoms with E-state index in [4.69, 9.17) is 4.74 Å².